The summed E-state index contributed by atoms with van der Waals surface area (Å²) in [6, 6.07) is 0. The van der Waals surface area contributed by atoms with Crippen LogP contribution in [0.2, 0.25) is 0 Å². The third-order valence-electron chi connectivity index (χ3n) is 1.71. The second kappa shape index (κ2) is 8.96. The number of nitrogens with two attached hydrogens (primary N) is 2. The van der Waals surface area contributed by atoms with Crippen LogP contribution in [0.3, 0.4) is 0 Å². The maximum absolute atomic E-state index is 5.62. The SMILES string of the molecule is NC(I)CCCCCCC(N)I. The standard InChI is InChI=1S/C8H18I2N2/c9-7(11)5-3-1-2-4-6-8(10)12/h7-8H,1-6,11-12H2. The van der Waals surface area contributed by atoms with Crippen LogP contribution >= 0.6 is 45.2 Å². The zero-order valence-corrected chi connectivity index (χ0v) is 11.6. The number of halogens is 2. The molecule has 0 aliphatic rings. The van der Waals surface area contributed by atoms with Gasteiger partial charge in [0, 0.05) is 0 Å². The van der Waals surface area contributed by atoms with Crippen LogP contribution in [0.5, 0.6) is 0 Å². The fourth-order valence-corrected chi connectivity index (χ4v) is 1.91. The van der Waals surface area contributed by atoms with E-state index in [4.69, 9.17) is 11.5 Å². The molecule has 0 spiro atoms. The molecule has 0 aromatic rings. The molecule has 0 bridgehead atoms. The number of hydrogen-bond acceptors (Lipinski definition) is 2. The van der Waals surface area contributed by atoms with Crippen molar-refractivity contribution < 1.29 is 0 Å². The van der Waals surface area contributed by atoms with Crippen LogP contribution in [0, 0.1) is 0 Å². The van der Waals surface area contributed by atoms with Crippen molar-refractivity contribution in [2.75, 3.05) is 0 Å². The van der Waals surface area contributed by atoms with Gasteiger partial charge in [0.05, 0.1) is 8.10 Å². The molecular weight excluding hydrogens is 378 g/mol. The molecule has 0 aliphatic heterocycles. The summed E-state index contributed by atoms with van der Waals surface area (Å²) in [6.45, 7) is 0. The van der Waals surface area contributed by atoms with Gasteiger partial charge in [0.25, 0.3) is 0 Å². The molecule has 0 radical (unpaired) electrons. The highest BCUT2D eigenvalue weighted by Gasteiger charge is 1.97. The number of hydrogen-bond donors (Lipinski definition) is 2. The first-order valence-corrected chi connectivity index (χ1v) is 6.91. The molecule has 4 N–H and O–H groups in total. The Kier molecular flexibility index (Phi) is 9.99. The Morgan fingerprint density at radius 2 is 1.08 bits per heavy atom. The van der Waals surface area contributed by atoms with E-state index >= 15 is 0 Å². The fourth-order valence-electron chi connectivity index (χ4n) is 1.03. The Balaban J connectivity index is 2.91. The van der Waals surface area contributed by atoms with E-state index in [0.717, 1.165) is 12.8 Å². The predicted octanol–water partition coefficient (Wildman–Crippen LogP) is 2.77. The van der Waals surface area contributed by atoms with E-state index in [9.17, 15) is 0 Å². The largest absolute Gasteiger partial charge is 0.320 e. The molecule has 0 aliphatic carbocycles. The normalized spacial score (nSPS) is 16.0. The summed E-state index contributed by atoms with van der Waals surface area (Å²) in [5.74, 6) is 0. The van der Waals surface area contributed by atoms with Gasteiger partial charge in [0.15, 0.2) is 0 Å². The molecule has 0 aromatic heterocycles. The van der Waals surface area contributed by atoms with Crippen LogP contribution in [0.25, 0.3) is 0 Å². The van der Waals surface area contributed by atoms with Gasteiger partial charge in [-0.1, -0.05) is 70.9 Å². The van der Waals surface area contributed by atoms with E-state index in [1.807, 2.05) is 0 Å². The molecule has 12 heavy (non-hydrogen) atoms. The lowest BCUT2D eigenvalue weighted by molar-refractivity contribution is 0.593. The van der Waals surface area contributed by atoms with E-state index in [0.29, 0.717) is 8.10 Å². The van der Waals surface area contributed by atoms with Crippen molar-refractivity contribution in [3.8, 4) is 0 Å². The first-order chi connectivity index (χ1) is 5.63. The topological polar surface area (TPSA) is 52.0 Å². The Morgan fingerprint density at radius 1 is 0.750 bits per heavy atom. The minimum atomic E-state index is 0.342. The monoisotopic (exact) mass is 396 g/mol. The van der Waals surface area contributed by atoms with Crippen LogP contribution in [-0.4, -0.2) is 8.10 Å². The molecule has 4 heteroatoms. The third kappa shape index (κ3) is 11.4. The highest BCUT2D eigenvalue weighted by molar-refractivity contribution is 14.1. The average Bonchev–Trinajstić information content (AvgIpc) is 1.95. The van der Waals surface area contributed by atoms with E-state index < -0.39 is 0 Å². The molecule has 2 unspecified atom stereocenters. The highest BCUT2D eigenvalue weighted by atomic mass is 127. The number of alkyl halides is 2. The maximum Gasteiger partial charge on any atom is 0.0568 e. The first-order valence-electron chi connectivity index (χ1n) is 4.42. The van der Waals surface area contributed by atoms with Crippen molar-refractivity contribution in [1.82, 2.24) is 0 Å². The van der Waals surface area contributed by atoms with Crippen molar-refractivity contribution in [2.45, 2.75) is 46.6 Å². The van der Waals surface area contributed by atoms with Crippen LogP contribution in [0.1, 0.15) is 38.5 Å². The van der Waals surface area contributed by atoms with E-state index in [1.54, 1.807) is 0 Å². The molecule has 2 nitrogen and oxygen atoms in total. The zero-order chi connectivity index (χ0) is 9.40. The Hall–Kier alpha value is 1.38. The van der Waals surface area contributed by atoms with Crippen molar-refractivity contribution >= 4 is 45.2 Å². The van der Waals surface area contributed by atoms with Crippen molar-refractivity contribution in [1.29, 1.82) is 0 Å². The average molecular weight is 396 g/mol. The second-order valence-corrected chi connectivity index (χ2v) is 6.22. The fraction of sp³-hybridized carbons (Fsp3) is 1.00. The lowest BCUT2D eigenvalue weighted by Crippen LogP contribution is -2.10. The summed E-state index contributed by atoms with van der Waals surface area (Å²) < 4.78 is 0.684. The van der Waals surface area contributed by atoms with Crippen LogP contribution < -0.4 is 11.5 Å². The molecule has 0 fully saturated rings. The molecule has 2 atom stereocenters. The minimum Gasteiger partial charge on any atom is -0.320 e. The van der Waals surface area contributed by atoms with Gasteiger partial charge in [0.1, 0.15) is 0 Å². The molecule has 0 heterocycles. The lowest BCUT2D eigenvalue weighted by atomic mass is 10.1. The molecule has 74 valence electrons. The van der Waals surface area contributed by atoms with Gasteiger partial charge >= 0.3 is 0 Å². The first kappa shape index (κ1) is 13.4. The molecule has 0 rings (SSSR count). The molecule has 0 saturated heterocycles. The van der Waals surface area contributed by atoms with Crippen molar-refractivity contribution in [3.63, 3.8) is 0 Å². The lowest BCUT2D eigenvalue weighted by Gasteiger charge is -2.04. The van der Waals surface area contributed by atoms with Crippen molar-refractivity contribution in [3.05, 3.63) is 0 Å². The van der Waals surface area contributed by atoms with E-state index in [-0.39, 0.29) is 0 Å². The molecule has 0 aromatic carbocycles. The quantitative estimate of drug-likeness (QED) is 0.301. The summed E-state index contributed by atoms with van der Waals surface area (Å²) >= 11 is 4.54. The van der Waals surface area contributed by atoms with Crippen molar-refractivity contribution in [2.24, 2.45) is 11.5 Å². The van der Waals surface area contributed by atoms with Gasteiger partial charge in [-0.05, 0) is 12.8 Å². The molecule has 0 saturated carbocycles. The van der Waals surface area contributed by atoms with Gasteiger partial charge in [-0.2, -0.15) is 0 Å². The van der Waals surface area contributed by atoms with E-state index in [1.165, 1.54) is 25.7 Å². The van der Waals surface area contributed by atoms with Gasteiger partial charge in [-0.3, -0.25) is 0 Å². The summed E-state index contributed by atoms with van der Waals surface area (Å²) in [7, 11) is 0. The Morgan fingerprint density at radius 3 is 1.33 bits per heavy atom. The minimum absolute atomic E-state index is 0.342. The summed E-state index contributed by atoms with van der Waals surface area (Å²) in [6.07, 6.45) is 7.44. The number of unbranched alkanes of at least 4 members (excludes halogenated alkanes) is 3. The highest BCUT2D eigenvalue weighted by Crippen LogP contribution is 2.11. The number of rotatable bonds is 7. The van der Waals surface area contributed by atoms with Gasteiger partial charge in [-0.15, -0.1) is 0 Å². The second-order valence-electron chi connectivity index (χ2n) is 3.02. The molecule has 0 amide bonds. The third-order valence-corrected chi connectivity index (χ3v) is 2.96. The predicted molar refractivity (Wildman–Crippen MR) is 71.7 cm³/mol. The van der Waals surface area contributed by atoms with Gasteiger partial charge < -0.3 is 11.5 Å². The summed E-state index contributed by atoms with van der Waals surface area (Å²) in [4.78, 5) is 0. The Labute approximate surface area is 102 Å². The molecular formula is C8H18I2N2. The Bertz CT molecular complexity index is 85.1. The van der Waals surface area contributed by atoms with Gasteiger partial charge in [0.2, 0.25) is 0 Å². The zero-order valence-electron chi connectivity index (χ0n) is 7.31. The smallest absolute Gasteiger partial charge is 0.0568 e. The van der Waals surface area contributed by atoms with Crippen LogP contribution in [0.15, 0.2) is 0 Å². The van der Waals surface area contributed by atoms with Crippen LogP contribution in [-0.2, 0) is 0 Å². The summed E-state index contributed by atoms with van der Waals surface area (Å²) in [5.41, 5.74) is 11.2. The van der Waals surface area contributed by atoms with Gasteiger partial charge in [-0.25, -0.2) is 0 Å². The maximum atomic E-state index is 5.62. The van der Waals surface area contributed by atoms with Crippen LogP contribution in [0.4, 0.5) is 0 Å². The summed E-state index contributed by atoms with van der Waals surface area (Å²) in [5, 5.41) is 0. The van der Waals surface area contributed by atoms with E-state index in [2.05, 4.69) is 45.2 Å².